The largest absolute Gasteiger partial charge is 0.316 e. The van der Waals surface area contributed by atoms with E-state index in [9.17, 15) is 0 Å². The molecule has 0 aromatic carbocycles. The second kappa shape index (κ2) is 40.1. The predicted molar refractivity (Wildman–Crippen MR) is 8.54 cm³/mol. The van der Waals surface area contributed by atoms with E-state index in [2.05, 4.69) is 0 Å². The van der Waals surface area contributed by atoms with Crippen LogP contribution in [0.25, 0.3) is 0 Å². The van der Waals surface area contributed by atoms with E-state index >= 15 is 0 Å². The van der Waals surface area contributed by atoms with Crippen molar-refractivity contribution in [3.05, 3.63) is 0 Å². The minimum Gasteiger partial charge on any atom is 0 e. The van der Waals surface area contributed by atoms with Gasteiger partial charge in [-0.3, -0.25) is 0 Å². The van der Waals surface area contributed by atoms with Gasteiger partial charge in [-0.1, -0.05) is 0 Å². The molecule has 0 spiro atoms. The first-order valence-corrected chi connectivity index (χ1v) is 0. The summed E-state index contributed by atoms with van der Waals surface area (Å²) in [5.74, 6) is 0. The zero-order valence-corrected chi connectivity index (χ0v) is 7.32. The first-order chi connectivity index (χ1) is 0. The molecule has 0 nitrogen and oxygen atoms in total. The fourth-order valence-electron chi connectivity index (χ4n) is 0. The van der Waals surface area contributed by atoms with E-state index in [1.807, 2.05) is 0 Å². The molecule has 0 aromatic heterocycles. The summed E-state index contributed by atoms with van der Waals surface area (Å²) in [5, 5.41) is 0. The Kier molecular flexibility index (Phi) is 387. The van der Waals surface area contributed by atoms with Crippen LogP contribution in [0.4, 0.5) is 0 Å². The van der Waals surface area contributed by atoms with E-state index in [-0.39, 0.29) is 108 Å². The van der Waals surface area contributed by atoms with E-state index in [1.165, 1.54) is 0 Å². The van der Waals surface area contributed by atoms with E-state index < -0.39 is 0 Å². The Bertz CT molecular complexity index is 15.5. The minimum atomic E-state index is 0. The molecule has 0 atom stereocenters. The van der Waals surface area contributed by atoms with Gasteiger partial charge in [-0.15, -0.1) is 0 Å². The number of rotatable bonds is 0. The molecule has 0 rings (SSSR count). The molecular weight excluding hydrogens is 310 g/mol. The van der Waals surface area contributed by atoms with Crippen LogP contribution in [-0.2, 0) is 85.3 Å². The van der Waals surface area contributed by atoms with Crippen molar-refractivity contribution in [2.24, 2.45) is 0 Å². The van der Waals surface area contributed by atoms with Crippen molar-refractivity contribution in [1.29, 1.82) is 0 Å². The van der Waals surface area contributed by atoms with Crippen molar-refractivity contribution < 1.29 is 85.3 Å². The average molecular weight is 312 g/mol. The fraction of sp³-hybridized carbons (Fsp3) is 0. The van der Waals surface area contributed by atoms with Gasteiger partial charge < -0.3 is 0 Å². The first kappa shape index (κ1) is 57.9. The van der Waals surface area contributed by atoms with Crippen molar-refractivity contribution in [2.75, 3.05) is 0 Å². The Hall–Kier alpha value is 3.36. The number of hydrogen-bond donors (Lipinski definition) is 0. The molecule has 0 saturated heterocycles. The maximum atomic E-state index is 0. The van der Waals surface area contributed by atoms with Crippen molar-refractivity contribution in [3.63, 3.8) is 0 Å². The summed E-state index contributed by atoms with van der Waals surface area (Å²) < 4.78 is 0. The molecule has 0 aliphatic heterocycles. The topological polar surface area (TPSA) is 0 Å². The molecule has 0 unspecified atom stereocenters. The van der Waals surface area contributed by atoms with Crippen LogP contribution in [0.5, 0.6) is 0 Å². The van der Waals surface area contributed by atoms with Crippen LogP contribution in [0, 0.1) is 0 Å². The van der Waals surface area contributed by atoms with Gasteiger partial charge in [0.1, 0.15) is 0 Å². The third-order valence-electron chi connectivity index (χ3n) is 0. The second-order valence-electron chi connectivity index (χ2n) is 0. The molecule has 0 fully saturated rings. The molecule has 45 valence electrons. The van der Waals surface area contributed by atoms with Gasteiger partial charge in [0.2, 0.25) is 0 Å². The maximum absolute atomic E-state index is 0. The van der Waals surface area contributed by atoms with Crippen molar-refractivity contribution >= 4 is 23.1 Å². The Labute approximate surface area is 107 Å². The third kappa shape index (κ3) is 26.4. The van der Waals surface area contributed by atoms with Gasteiger partial charge >= 0.3 is 23.1 Å². The molecule has 0 bridgehead atoms. The number of hydrogen-bond acceptors (Lipinski definition) is 0. The molecule has 0 aliphatic rings. The normalized spacial score (nSPS) is 0. The summed E-state index contributed by atoms with van der Waals surface area (Å²) in [4.78, 5) is 0. The van der Waals surface area contributed by atoms with Crippen LogP contribution in [-0.4, -0.2) is 23.1 Å². The Morgan fingerprint density at radius 1 is 1.00 bits per heavy atom. The van der Waals surface area contributed by atoms with Crippen LogP contribution in [0.15, 0.2) is 0 Å². The van der Waals surface area contributed by atoms with Gasteiger partial charge in [0.15, 0.2) is 0 Å². The average Bonchev–Trinajstić information content (AvgIpc) is 0. The summed E-state index contributed by atoms with van der Waals surface area (Å²) in [6, 6.07) is 0. The molecule has 6 heteroatoms. The molecule has 0 aromatic rings. The van der Waals surface area contributed by atoms with E-state index in [4.69, 9.17) is 0 Å². The molecule has 0 saturated carbocycles. The Morgan fingerprint density at radius 2 is 1.00 bits per heavy atom. The van der Waals surface area contributed by atoms with Crippen molar-refractivity contribution in [2.45, 2.75) is 0 Å². The van der Waals surface area contributed by atoms with Crippen LogP contribution in [0.3, 0.4) is 0 Å². The minimum absolute atomic E-state index is 0. The summed E-state index contributed by atoms with van der Waals surface area (Å²) in [7, 11) is 0. The predicted octanol–water partition coefficient (Wildman–Crippen LogP) is -0.929. The van der Waals surface area contributed by atoms with Gasteiger partial charge in [0, 0.05) is 85.3 Å². The smallest absolute Gasteiger partial charge is 0 e. The van der Waals surface area contributed by atoms with E-state index in [0.29, 0.717) is 0 Å². The van der Waals surface area contributed by atoms with Gasteiger partial charge in [0.05, 0.1) is 0 Å². The third-order valence-corrected chi connectivity index (χ3v) is 0. The van der Waals surface area contributed by atoms with Crippen LogP contribution >= 0.6 is 0 Å². The Balaban J connectivity index is 0. The second-order valence-corrected chi connectivity index (χ2v) is 0. The monoisotopic (exact) mass is 311 g/mol. The van der Waals surface area contributed by atoms with Crippen molar-refractivity contribution in [3.8, 4) is 0 Å². The van der Waals surface area contributed by atoms with Crippen molar-refractivity contribution in [1.82, 2.24) is 0 Å². The Morgan fingerprint density at radius 3 is 1.00 bits per heavy atom. The molecule has 0 aliphatic carbocycles. The van der Waals surface area contributed by atoms with E-state index in [0.717, 1.165) is 0 Å². The zero-order valence-electron chi connectivity index (χ0n) is 1.77. The summed E-state index contributed by atoms with van der Waals surface area (Å²) in [6.07, 6.45) is 0. The van der Waals surface area contributed by atoms with Crippen LogP contribution in [0.1, 0.15) is 0 Å². The molecule has 0 heterocycles. The molecule has 6 heavy (non-hydrogen) atoms. The summed E-state index contributed by atoms with van der Waals surface area (Å²) in [5.41, 5.74) is 0. The van der Waals surface area contributed by atoms with Gasteiger partial charge in [-0.2, -0.15) is 0 Å². The van der Waals surface area contributed by atoms with Gasteiger partial charge in [-0.05, 0) is 0 Å². The first-order valence-electron chi connectivity index (χ1n) is 0. The maximum Gasteiger partial charge on any atom is 0.316 e. The summed E-state index contributed by atoms with van der Waals surface area (Å²) in [6.45, 7) is 0. The van der Waals surface area contributed by atoms with Crippen LogP contribution in [0.2, 0.25) is 0 Å². The molecular formula is H2CoCrCuFeMgMn. The standard InChI is InChI=1S/Co.Cr.Cu.Fe.Mg.Mn.2H. The quantitative estimate of drug-likeness (QED) is 0.507. The molecule has 0 amide bonds. The fourth-order valence-corrected chi connectivity index (χ4v) is 0. The zero-order chi connectivity index (χ0) is 0. The van der Waals surface area contributed by atoms with E-state index in [1.54, 1.807) is 0 Å². The SMILES string of the molecule is [Co].[Cr].[Cu].[Fe].[MgH2].[Mn]. The van der Waals surface area contributed by atoms with Gasteiger partial charge in [0.25, 0.3) is 0 Å². The van der Waals surface area contributed by atoms with Gasteiger partial charge in [-0.25, -0.2) is 0 Å². The summed E-state index contributed by atoms with van der Waals surface area (Å²) >= 11 is 0. The molecule has 3 radical (unpaired) electrons. The molecule has 0 N–H and O–H groups in total. The van der Waals surface area contributed by atoms with Crippen LogP contribution < -0.4 is 0 Å².